The molecule has 0 aromatic rings. The predicted molar refractivity (Wildman–Crippen MR) is 55.9 cm³/mol. The molecule has 1 heterocycles. The fourth-order valence-corrected chi connectivity index (χ4v) is 1.70. The second-order valence-corrected chi connectivity index (χ2v) is 3.63. The number of nitrogens with zero attached hydrogens (tertiary/aromatic N) is 1. The first kappa shape index (κ1) is 12.7. The van der Waals surface area contributed by atoms with Crippen LogP contribution in [0.2, 0.25) is 0 Å². The zero-order valence-corrected chi connectivity index (χ0v) is 8.98. The molecule has 0 spiro atoms. The van der Waals surface area contributed by atoms with Crippen molar-refractivity contribution >= 4 is 18.3 Å². The van der Waals surface area contributed by atoms with Gasteiger partial charge in [0.2, 0.25) is 5.91 Å². The van der Waals surface area contributed by atoms with Gasteiger partial charge >= 0.3 is 0 Å². The highest BCUT2D eigenvalue weighted by atomic mass is 35.5. The zero-order valence-electron chi connectivity index (χ0n) is 8.16. The summed E-state index contributed by atoms with van der Waals surface area (Å²) >= 11 is 0. The van der Waals surface area contributed by atoms with E-state index in [1.54, 1.807) is 0 Å². The Hall–Kier alpha value is -0.280. The van der Waals surface area contributed by atoms with Gasteiger partial charge in [0.1, 0.15) is 0 Å². The third-order valence-corrected chi connectivity index (χ3v) is 2.37. The second kappa shape index (κ2) is 6.22. The molecule has 1 rings (SSSR count). The van der Waals surface area contributed by atoms with Crippen molar-refractivity contribution in [2.75, 3.05) is 19.6 Å². The van der Waals surface area contributed by atoms with E-state index in [0.29, 0.717) is 18.9 Å². The molecule has 3 nitrogen and oxygen atoms in total. The number of rotatable bonds is 2. The van der Waals surface area contributed by atoms with Crippen molar-refractivity contribution in [3.8, 4) is 0 Å². The van der Waals surface area contributed by atoms with Crippen LogP contribution in [0, 0.1) is 5.92 Å². The van der Waals surface area contributed by atoms with Crippen LogP contribution in [0.4, 0.5) is 0 Å². The van der Waals surface area contributed by atoms with Crippen LogP contribution >= 0.6 is 12.4 Å². The highest BCUT2D eigenvalue weighted by Gasteiger charge is 2.19. The number of nitrogens with two attached hydrogens (primary N) is 1. The molecule has 0 saturated carbocycles. The molecule has 1 unspecified atom stereocenters. The first-order valence-corrected chi connectivity index (χ1v) is 4.72. The Morgan fingerprint density at radius 3 is 2.85 bits per heavy atom. The van der Waals surface area contributed by atoms with Gasteiger partial charge in [-0.05, 0) is 18.8 Å². The average molecular weight is 207 g/mol. The Labute approximate surface area is 86.1 Å². The van der Waals surface area contributed by atoms with Gasteiger partial charge < -0.3 is 10.6 Å². The summed E-state index contributed by atoms with van der Waals surface area (Å²) in [7, 11) is 0. The lowest BCUT2D eigenvalue weighted by Gasteiger charge is -2.30. The van der Waals surface area contributed by atoms with E-state index < -0.39 is 0 Å². The van der Waals surface area contributed by atoms with Crippen LogP contribution < -0.4 is 5.73 Å². The molecule has 1 aliphatic heterocycles. The molecule has 0 radical (unpaired) electrons. The number of hydrogen-bond donors (Lipinski definition) is 1. The van der Waals surface area contributed by atoms with Crippen molar-refractivity contribution in [1.29, 1.82) is 0 Å². The van der Waals surface area contributed by atoms with Gasteiger partial charge in [-0.1, -0.05) is 6.92 Å². The summed E-state index contributed by atoms with van der Waals surface area (Å²) in [4.78, 5) is 13.3. The van der Waals surface area contributed by atoms with Crippen LogP contribution in [0.1, 0.15) is 26.2 Å². The standard InChI is InChI=1S/C9H18N2O.ClH/c1-8-3-2-6-11(7-8)9(12)4-5-10;/h8H,2-7,10H2,1H3;1H. The average Bonchev–Trinajstić information content (AvgIpc) is 2.05. The third kappa shape index (κ3) is 3.96. The van der Waals surface area contributed by atoms with Crippen molar-refractivity contribution in [3.63, 3.8) is 0 Å². The summed E-state index contributed by atoms with van der Waals surface area (Å²) in [6, 6.07) is 0. The van der Waals surface area contributed by atoms with Gasteiger partial charge in [0.15, 0.2) is 0 Å². The lowest BCUT2D eigenvalue weighted by molar-refractivity contribution is -0.132. The minimum Gasteiger partial charge on any atom is -0.342 e. The smallest absolute Gasteiger partial charge is 0.223 e. The van der Waals surface area contributed by atoms with Gasteiger partial charge in [-0.25, -0.2) is 0 Å². The van der Waals surface area contributed by atoms with E-state index in [2.05, 4.69) is 6.92 Å². The van der Waals surface area contributed by atoms with Gasteiger partial charge in [0.25, 0.3) is 0 Å². The van der Waals surface area contributed by atoms with Crippen molar-refractivity contribution in [2.24, 2.45) is 11.7 Å². The van der Waals surface area contributed by atoms with Crippen molar-refractivity contribution in [3.05, 3.63) is 0 Å². The maximum absolute atomic E-state index is 11.4. The highest BCUT2D eigenvalue weighted by molar-refractivity contribution is 5.85. The van der Waals surface area contributed by atoms with Crippen LogP contribution in [0.5, 0.6) is 0 Å². The van der Waals surface area contributed by atoms with E-state index in [0.717, 1.165) is 19.5 Å². The molecule has 0 aromatic carbocycles. The fourth-order valence-electron chi connectivity index (χ4n) is 1.70. The van der Waals surface area contributed by atoms with Crippen LogP contribution in [-0.4, -0.2) is 30.4 Å². The van der Waals surface area contributed by atoms with Crippen molar-refractivity contribution in [1.82, 2.24) is 4.90 Å². The number of halogens is 1. The minimum atomic E-state index is 0. The number of likely N-dealkylation sites (tertiary alicyclic amines) is 1. The van der Waals surface area contributed by atoms with Crippen LogP contribution in [0.3, 0.4) is 0 Å². The first-order chi connectivity index (χ1) is 5.74. The van der Waals surface area contributed by atoms with Gasteiger partial charge in [0.05, 0.1) is 0 Å². The number of amides is 1. The van der Waals surface area contributed by atoms with Gasteiger partial charge in [-0.15, -0.1) is 12.4 Å². The molecule has 1 atom stereocenters. The molecule has 13 heavy (non-hydrogen) atoms. The molecule has 4 heteroatoms. The monoisotopic (exact) mass is 206 g/mol. The molecule has 2 N–H and O–H groups in total. The van der Waals surface area contributed by atoms with E-state index in [9.17, 15) is 4.79 Å². The Morgan fingerprint density at radius 2 is 2.31 bits per heavy atom. The van der Waals surface area contributed by atoms with Gasteiger partial charge in [-0.3, -0.25) is 4.79 Å². The predicted octanol–water partition coefficient (Wildman–Crippen LogP) is 1.02. The molecule has 0 aliphatic carbocycles. The Bertz CT molecular complexity index is 164. The minimum absolute atomic E-state index is 0. The summed E-state index contributed by atoms with van der Waals surface area (Å²) in [6.45, 7) is 4.54. The maximum Gasteiger partial charge on any atom is 0.223 e. The fraction of sp³-hybridized carbons (Fsp3) is 0.889. The maximum atomic E-state index is 11.4. The summed E-state index contributed by atoms with van der Waals surface area (Å²) < 4.78 is 0. The lowest BCUT2D eigenvalue weighted by atomic mass is 10.0. The Kier molecular flexibility index (Phi) is 6.08. The van der Waals surface area contributed by atoms with Crippen LogP contribution in [0.25, 0.3) is 0 Å². The van der Waals surface area contributed by atoms with E-state index in [-0.39, 0.29) is 18.3 Å². The van der Waals surface area contributed by atoms with E-state index >= 15 is 0 Å². The van der Waals surface area contributed by atoms with E-state index in [1.165, 1.54) is 6.42 Å². The van der Waals surface area contributed by atoms with E-state index in [1.807, 2.05) is 4.90 Å². The number of piperidine rings is 1. The summed E-state index contributed by atoms with van der Waals surface area (Å²) in [5.74, 6) is 0.893. The summed E-state index contributed by atoms with van der Waals surface area (Å²) in [6.07, 6.45) is 2.91. The Morgan fingerprint density at radius 1 is 1.62 bits per heavy atom. The normalized spacial score (nSPS) is 22.3. The molecule has 1 saturated heterocycles. The molecule has 78 valence electrons. The molecule has 1 fully saturated rings. The number of carbonyl (C=O) groups excluding carboxylic acids is 1. The quantitative estimate of drug-likeness (QED) is 0.733. The molecule has 0 aromatic heterocycles. The van der Waals surface area contributed by atoms with E-state index in [4.69, 9.17) is 5.73 Å². The second-order valence-electron chi connectivity index (χ2n) is 3.63. The van der Waals surface area contributed by atoms with Crippen LogP contribution in [0.15, 0.2) is 0 Å². The highest BCUT2D eigenvalue weighted by Crippen LogP contribution is 2.15. The SMILES string of the molecule is CC1CCCN(C(=O)CCN)C1.Cl. The first-order valence-electron chi connectivity index (χ1n) is 4.72. The van der Waals surface area contributed by atoms with Crippen LogP contribution in [-0.2, 0) is 4.79 Å². The van der Waals surface area contributed by atoms with Gasteiger partial charge in [0, 0.05) is 26.1 Å². The summed E-state index contributed by atoms with van der Waals surface area (Å²) in [5, 5.41) is 0. The Balaban J connectivity index is 0.00000144. The summed E-state index contributed by atoms with van der Waals surface area (Å²) in [5.41, 5.74) is 5.32. The van der Waals surface area contributed by atoms with Gasteiger partial charge in [-0.2, -0.15) is 0 Å². The number of hydrogen-bond acceptors (Lipinski definition) is 2. The zero-order chi connectivity index (χ0) is 8.97. The topological polar surface area (TPSA) is 46.3 Å². The number of carbonyl (C=O) groups is 1. The van der Waals surface area contributed by atoms with Crippen molar-refractivity contribution in [2.45, 2.75) is 26.2 Å². The lowest BCUT2D eigenvalue weighted by Crippen LogP contribution is -2.39. The molecule has 1 aliphatic rings. The molecule has 1 amide bonds. The molecular weight excluding hydrogens is 188 g/mol. The molecular formula is C9H19ClN2O. The molecule has 0 bridgehead atoms. The van der Waals surface area contributed by atoms with Crippen molar-refractivity contribution < 1.29 is 4.79 Å². The third-order valence-electron chi connectivity index (χ3n) is 2.37. The largest absolute Gasteiger partial charge is 0.342 e.